The van der Waals surface area contributed by atoms with Crippen molar-refractivity contribution in [3.8, 4) is 0 Å². The summed E-state index contributed by atoms with van der Waals surface area (Å²) in [5.41, 5.74) is 3.64. The molecule has 28 heavy (non-hydrogen) atoms. The largest absolute Gasteiger partial charge is 0.323 e. The summed E-state index contributed by atoms with van der Waals surface area (Å²) in [6.45, 7) is 8.66. The molecule has 0 aliphatic carbocycles. The first-order valence-electron chi connectivity index (χ1n) is 9.63. The molecule has 0 spiro atoms. The van der Waals surface area contributed by atoms with E-state index in [1.807, 2.05) is 0 Å². The average Bonchev–Trinajstić information content (AvgIpc) is 3.12. The number of hydrogen-bond acceptors (Lipinski definition) is 1. The number of hydrogen-bond donors (Lipinski definition) is 0. The Morgan fingerprint density at radius 2 is 1.18 bits per heavy atom. The molecule has 3 aromatic carbocycles. The molecule has 2 nitrogen and oxygen atoms in total. The zero-order valence-electron chi connectivity index (χ0n) is 16.1. The summed E-state index contributed by atoms with van der Waals surface area (Å²) in [6.07, 6.45) is -2.24. The van der Waals surface area contributed by atoms with Crippen molar-refractivity contribution in [3.63, 3.8) is 0 Å². The molecule has 4 heteroatoms. The van der Waals surface area contributed by atoms with Crippen molar-refractivity contribution in [2.24, 2.45) is 0 Å². The first-order chi connectivity index (χ1) is 13.6. The lowest BCUT2D eigenvalue weighted by Gasteiger charge is -2.39. The van der Waals surface area contributed by atoms with Gasteiger partial charge < -0.3 is 9.34 Å². The van der Waals surface area contributed by atoms with E-state index >= 15 is 0 Å². The Morgan fingerprint density at radius 1 is 0.786 bits per heavy atom. The van der Waals surface area contributed by atoms with Crippen molar-refractivity contribution in [1.82, 2.24) is 0 Å². The summed E-state index contributed by atoms with van der Waals surface area (Å²) in [4.78, 5) is 0. The SMILES string of the molecule is C=C(C(C)c1ccccc1)P1(=S)N(c2ccccc2)CCN1c1ccccc1. The number of allylic oxidation sites excluding steroid dienone is 1. The quantitative estimate of drug-likeness (QED) is 0.440. The minimum Gasteiger partial charge on any atom is -0.323 e. The van der Waals surface area contributed by atoms with Crippen LogP contribution in [-0.4, -0.2) is 13.1 Å². The molecule has 1 fully saturated rings. The van der Waals surface area contributed by atoms with Gasteiger partial charge in [0, 0.05) is 35.7 Å². The van der Waals surface area contributed by atoms with Crippen LogP contribution in [0.4, 0.5) is 11.4 Å². The van der Waals surface area contributed by atoms with Gasteiger partial charge in [-0.3, -0.25) is 0 Å². The summed E-state index contributed by atoms with van der Waals surface area (Å²) < 4.78 is 4.86. The Balaban J connectivity index is 1.80. The predicted molar refractivity (Wildman–Crippen MR) is 126 cm³/mol. The van der Waals surface area contributed by atoms with Crippen LogP contribution in [0.15, 0.2) is 103 Å². The molecular weight excluding hydrogens is 379 g/mol. The van der Waals surface area contributed by atoms with Crippen LogP contribution in [0.5, 0.6) is 0 Å². The summed E-state index contributed by atoms with van der Waals surface area (Å²) in [6, 6.07) is 31.7. The zero-order chi connectivity index (χ0) is 19.6. The van der Waals surface area contributed by atoms with Gasteiger partial charge in [0.15, 0.2) is 0 Å². The molecule has 0 bridgehead atoms. The van der Waals surface area contributed by atoms with Crippen LogP contribution in [-0.2, 0) is 11.8 Å². The molecule has 0 amide bonds. The molecule has 3 aromatic rings. The van der Waals surface area contributed by atoms with Crippen molar-refractivity contribution in [2.75, 3.05) is 22.4 Å². The second-order valence-corrected chi connectivity index (χ2v) is 11.2. The molecule has 4 rings (SSSR count). The van der Waals surface area contributed by atoms with Gasteiger partial charge >= 0.3 is 0 Å². The fourth-order valence-corrected chi connectivity index (χ4v) is 8.54. The van der Waals surface area contributed by atoms with Crippen LogP contribution < -0.4 is 9.34 Å². The Hall–Kier alpha value is -2.35. The highest BCUT2D eigenvalue weighted by molar-refractivity contribution is 8.18. The summed E-state index contributed by atoms with van der Waals surface area (Å²) in [5.74, 6) is 0.197. The molecule has 1 saturated heterocycles. The van der Waals surface area contributed by atoms with E-state index in [0.717, 1.165) is 18.4 Å². The van der Waals surface area contributed by atoms with Gasteiger partial charge in [-0.05, 0) is 41.6 Å². The van der Waals surface area contributed by atoms with E-state index in [0.29, 0.717) is 0 Å². The first-order valence-corrected chi connectivity index (χ1v) is 12.3. The molecule has 0 N–H and O–H groups in total. The van der Waals surface area contributed by atoms with Crippen LogP contribution >= 0.6 is 6.34 Å². The van der Waals surface area contributed by atoms with Crippen LogP contribution in [0, 0.1) is 0 Å². The summed E-state index contributed by atoms with van der Waals surface area (Å²) >= 11 is 6.54. The molecule has 142 valence electrons. The number of rotatable bonds is 5. The number of nitrogens with zero attached hydrogens (tertiary/aromatic N) is 2. The van der Waals surface area contributed by atoms with Crippen molar-refractivity contribution in [3.05, 3.63) is 108 Å². The average molecular weight is 405 g/mol. The van der Waals surface area contributed by atoms with E-state index < -0.39 is 6.34 Å². The third-order valence-electron chi connectivity index (χ3n) is 5.46. The summed E-state index contributed by atoms with van der Waals surface area (Å²) in [5, 5.41) is 1.14. The van der Waals surface area contributed by atoms with E-state index in [4.69, 9.17) is 11.8 Å². The molecule has 1 unspecified atom stereocenters. The molecule has 1 aliphatic heterocycles. The maximum Gasteiger partial charge on any atom is 0.149 e. The number of anilines is 2. The Labute approximate surface area is 173 Å². The van der Waals surface area contributed by atoms with Crippen molar-refractivity contribution in [2.45, 2.75) is 12.8 Å². The topological polar surface area (TPSA) is 6.48 Å². The minimum absolute atomic E-state index is 0.197. The van der Waals surface area contributed by atoms with Gasteiger partial charge in [0.25, 0.3) is 0 Å². The Kier molecular flexibility index (Phi) is 5.39. The number of para-hydroxylation sites is 2. The van der Waals surface area contributed by atoms with Crippen molar-refractivity contribution >= 4 is 29.5 Å². The summed E-state index contributed by atoms with van der Waals surface area (Å²) in [7, 11) is 0. The predicted octanol–water partition coefficient (Wildman–Crippen LogP) is 6.64. The standard InChI is InChI=1S/C24H25N2PS/c1-20(22-12-6-3-7-13-22)21(2)27(28)25(23-14-8-4-9-15-23)18-19-26(27)24-16-10-5-11-17-24/h3-17,20H,2,18-19H2,1H3. The van der Waals surface area contributed by atoms with Crippen molar-refractivity contribution in [1.29, 1.82) is 0 Å². The molecular formula is C24H25N2PS. The lowest BCUT2D eigenvalue weighted by Crippen LogP contribution is -2.21. The lowest BCUT2D eigenvalue weighted by atomic mass is 10.0. The highest BCUT2D eigenvalue weighted by Crippen LogP contribution is 2.68. The molecule has 1 heterocycles. The van der Waals surface area contributed by atoms with Gasteiger partial charge in [-0.25, -0.2) is 0 Å². The number of benzene rings is 3. The monoisotopic (exact) mass is 404 g/mol. The van der Waals surface area contributed by atoms with E-state index in [9.17, 15) is 0 Å². The van der Waals surface area contributed by atoms with Crippen LogP contribution in [0.25, 0.3) is 0 Å². The second kappa shape index (κ2) is 7.95. The highest BCUT2D eigenvalue weighted by atomic mass is 32.4. The minimum atomic E-state index is -2.24. The van der Waals surface area contributed by atoms with Gasteiger partial charge in [0.2, 0.25) is 0 Å². The fourth-order valence-electron chi connectivity index (χ4n) is 3.86. The molecule has 1 atom stereocenters. The highest BCUT2D eigenvalue weighted by Gasteiger charge is 2.42. The van der Waals surface area contributed by atoms with Crippen LogP contribution in [0.1, 0.15) is 18.4 Å². The molecule has 0 aromatic heterocycles. The van der Waals surface area contributed by atoms with Gasteiger partial charge in [0.1, 0.15) is 6.34 Å². The maximum absolute atomic E-state index is 6.54. The van der Waals surface area contributed by atoms with E-state index in [-0.39, 0.29) is 5.92 Å². The molecule has 0 saturated carbocycles. The smallest absolute Gasteiger partial charge is 0.149 e. The molecule has 1 aliphatic rings. The van der Waals surface area contributed by atoms with E-state index in [1.165, 1.54) is 16.9 Å². The second-order valence-electron chi connectivity index (χ2n) is 7.09. The third-order valence-corrected chi connectivity index (χ3v) is 10.7. The van der Waals surface area contributed by atoms with E-state index in [1.54, 1.807) is 0 Å². The van der Waals surface area contributed by atoms with Gasteiger partial charge in [-0.1, -0.05) is 80.2 Å². The van der Waals surface area contributed by atoms with Gasteiger partial charge in [-0.2, -0.15) is 0 Å². The van der Waals surface area contributed by atoms with E-state index in [2.05, 4.69) is 114 Å². The van der Waals surface area contributed by atoms with Gasteiger partial charge in [0.05, 0.1) is 0 Å². The Morgan fingerprint density at radius 3 is 1.61 bits per heavy atom. The molecule has 0 radical (unpaired) electrons. The zero-order valence-corrected chi connectivity index (χ0v) is 17.8. The lowest BCUT2D eigenvalue weighted by molar-refractivity contribution is 0.947. The van der Waals surface area contributed by atoms with Crippen LogP contribution in [0.2, 0.25) is 0 Å². The Bertz CT molecular complexity index is 937. The fraction of sp³-hybridized carbons (Fsp3) is 0.167. The third kappa shape index (κ3) is 3.30. The first kappa shape index (κ1) is 19.0. The van der Waals surface area contributed by atoms with Crippen molar-refractivity contribution < 1.29 is 0 Å². The van der Waals surface area contributed by atoms with Crippen LogP contribution in [0.3, 0.4) is 0 Å². The normalized spacial score (nSPS) is 16.8. The maximum atomic E-state index is 6.54. The van der Waals surface area contributed by atoms with Gasteiger partial charge in [-0.15, -0.1) is 0 Å².